The number of halogens is 4. The van der Waals surface area contributed by atoms with Gasteiger partial charge in [-0.25, -0.2) is 13.2 Å². The molecule has 112 valence electrons. The minimum Gasteiger partial charge on any atom is -0.313 e. The van der Waals surface area contributed by atoms with E-state index >= 15 is 0 Å². The quantitative estimate of drug-likeness (QED) is 0.872. The first kappa shape index (κ1) is 15.9. The van der Waals surface area contributed by atoms with Crippen LogP contribution in [0.15, 0.2) is 30.3 Å². The molecule has 1 N–H and O–H groups in total. The molecule has 0 saturated carbocycles. The van der Waals surface area contributed by atoms with Gasteiger partial charge in [0.25, 0.3) is 0 Å². The first-order chi connectivity index (χ1) is 9.93. The van der Waals surface area contributed by atoms with E-state index < -0.39 is 17.5 Å². The van der Waals surface area contributed by atoms with Crippen molar-refractivity contribution < 1.29 is 13.2 Å². The molecule has 0 spiro atoms. The third-order valence-electron chi connectivity index (χ3n) is 3.46. The summed E-state index contributed by atoms with van der Waals surface area (Å²) in [4.78, 5) is 0. The Bertz CT molecular complexity index is 658. The van der Waals surface area contributed by atoms with E-state index in [-0.39, 0.29) is 23.0 Å². The summed E-state index contributed by atoms with van der Waals surface area (Å²) < 4.78 is 40.5. The molecule has 1 atom stereocenters. The van der Waals surface area contributed by atoms with Crippen molar-refractivity contribution in [3.63, 3.8) is 0 Å². The molecule has 0 radical (unpaired) electrons. The summed E-state index contributed by atoms with van der Waals surface area (Å²) >= 11 is 6.06. The van der Waals surface area contributed by atoms with Crippen molar-refractivity contribution in [2.75, 3.05) is 7.05 Å². The molecule has 5 heteroatoms. The van der Waals surface area contributed by atoms with E-state index in [1.165, 1.54) is 18.2 Å². The van der Waals surface area contributed by atoms with E-state index in [1.54, 1.807) is 20.0 Å². The highest BCUT2D eigenvalue weighted by Crippen LogP contribution is 2.29. The Morgan fingerprint density at radius 1 is 1.14 bits per heavy atom. The highest BCUT2D eigenvalue weighted by atomic mass is 35.5. The number of nitrogens with one attached hydrogen (secondary N) is 1. The van der Waals surface area contributed by atoms with Crippen LogP contribution >= 0.6 is 11.6 Å². The second kappa shape index (κ2) is 6.50. The molecule has 0 aliphatic carbocycles. The largest absolute Gasteiger partial charge is 0.313 e. The molecule has 0 saturated heterocycles. The minimum atomic E-state index is -0.885. The molecule has 0 bridgehead atoms. The van der Waals surface area contributed by atoms with E-state index in [4.69, 9.17) is 11.6 Å². The van der Waals surface area contributed by atoms with E-state index in [0.717, 1.165) is 6.07 Å². The Morgan fingerprint density at radius 2 is 1.86 bits per heavy atom. The van der Waals surface area contributed by atoms with Gasteiger partial charge in [0, 0.05) is 11.1 Å². The van der Waals surface area contributed by atoms with Crippen LogP contribution in [-0.2, 0) is 6.42 Å². The summed E-state index contributed by atoms with van der Waals surface area (Å²) in [6, 6.07) is 6.56. The van der Waals surface area contributed by atoms with E-state index in [2.05, 4.69) is 5.32 Å². The predicted octanol–water partition coefficient (Wildman–Crippen LogP) is 4.57. The molecule has 1 nitrogen and oxygen atoms in total. The Hall–Kier alpha value is -1.52. The number of hydrogen-bond donors (Lipinski definition) is 1. The number of benzene rings is 2. The monoisotopic (exact) mass is 313 g/mol. The molecular weight excluding hydrogens is 299 g/mol. The van der Waals surface area contributed by atoms with Crippen molar-refractivity contribution in [3.8, 4) is 0 Å². The second-order valence-corrected chi connectivity index (χ2v) is 5.29. The summed E-state index contributed by atoms with van der Waals surface area (Å²) in [6.07, 6.45) is 0.213. The zero-order chi connectivity index (χ0) is 15.6. The van der Waals surface area contributed by atoms with Gasteiger partial charge in [-0.1, -0.05) is 29.8 Å². The van der Waals surface area contributed by atoms with Gasteiger partial charge >= 0.3 is 0 Å². The van der Waals surface area contributed by atoms with E-state index in [1.807, 2.05) is 0 Å². The molecule has 2 rings (SSSR count). The van der Waals surface area contributed by atoms with Crippen LogP contribution in [0, 0.1) is 24.4 Å². The molecule has 0 heterocycles. The summed E-state index contributed by atoms with van der Waals surface area (Å²) in [5.74, 6) is -2.15. The zero-order valence-electron chi connectivity index (χ0n) is 11.7. The van der Waals surface area contributed by atoms with Gasteiger partial charge < -0.3 is 5.32 Å². The molecule has 2 aromatic rings. The lowest BCUT2D eigenvalue weighted by atomic mass is 9.97. The van der Waals surface area contributed by atoms with Gasteiger partial charge in [0.15, 0.2) is 11.6 Å². The van der Waals surface area contributed by atoms with Crippen LogP contribution in [0.5, 0.6) is 0 Å². The van der Waals surface area contributed by atoms with Crippen molar-refractivity contribution >= 4 is 11.6 Å². The Morgan fingerprint density at radius 3 is 2.52 bits per heavy atom. The van der Waals surface area contributed by atoms with Crippen LogP contribution in [0.3, 0.4) is 0 Å². The Balaban J connectivity index is 2.37. The third-order valence-corrected chi connectivity index (χ3v) is 3.78. The molecule has 0 aliphatic rings. The number of aryl methyl sites for hydroxylation is 1. The highest BCUT2D eigenvalue weighted by molar-refractivity contribution is 6.31. The first-order valence-corrected chi connectivity index (χ1v) is 6.87. The average molecular weight is 314 g/mol. The fourth-order valence-electron chi connectivity index (χ4n) is 2.24. The fraction of sp³-hybridized carbons (Fsp3) is 0.250. The number of likely N-dealkylation sites (N-methyl/N-ethyl adjacent to an activating group) is 1. The fourth-order valence-corrected chi connectivity index (χ4v) is 2.52. The Labute approximate surface area is 126 Å². The van der Waals surface area contributed by atoms with Crippen LogP contribution < -0.4 is 5.32 Å². The lowest BCUT2D eigenvalue weighted by Crippen LogP contribution is -2.20. The van der Waals surface area contributed by atoms with Gasteiger partial charge in [0.2, 0.25) is 0 Å². The highest BCUT2D eigenvalue weighted by Gasteiger charge is 2.18. The maximum Gasteiger partial charge on any atom is 0.162 e. The van der Waals surface area contributed by atoms with Gasteiger partial charge in [-0.3, -0.25) is 0 Å². The maximum atomic E-state index is 13.8. The molecule has 0 fully saturated rings. The van der Waals surface area contributed by atoms with Crippen molar-refractivity contribution in [1.82, 2.24) is 5.32 Å². The van der Waals surface area contributed by atoms with Crippen LogP contribution in [0.25, 0.3) is 0 Å². The molecule has 0 aromatic heterocycles. The first-order valence-electron chi connectivity index (χ1n) is 6.49. The average Bonchev–Trinajstić information content (AvgIpc) is 2.45. The SMILES string of the molecule is CNC(Cc1cccc(F)c1F)c1cc(C)c(F)cc1Cl. The van der Waals surface area contributed by atoms with Crippen LogP contribution in [0.1, 0.15) is 22.7 Å². The van der Waals surface area contributed by atoms with Gasteiger partial charge in [0.1, 0.15) is 5.82 Å². The second-order valence-electron chi connectivity index (χ2n) is 4.88. The van der Waals surface area contributed by atoms with Crippen molar-refractivity contribution in [1.29, 1.82) is 0 Å². The van der Waals surface area contributed by atoms with Crippen LogP contribution in [-0.4, -0.2) is 7.05 Å². The topological polar surface area (TPSA) is 12.0 Å². The summed E-state index contributed by atoms with van der Waals surface area (Å²) in [7, 11) is 1.69. The maximum absolute atomic E-state index is 13.8. The van der Waals surface area contributed by atoms with Gasteiger partial charge in [-0.2, -0.15) is 0 Å². The van der Waals surface area contributed by atoms with Crippen molar-refractivity contribution in [2.45, 2.75) is 19.4 Å². The lowest BCUT2D eigenvalue weighted by Gasteiger charge is -2.19. The van der Waals surface area contributed by atoms with Gasteiger partial charge in [-0.15, -0.1) is 0 Å². The van der Waals surface area contributed by atoms with Crippen LogP contribution in [0.4, 0.5) is 13.2 Å². The van der Waals surface area contributed by atoms with Crippen LogP contribution in [0.2, 0.25) is 5.02 Å². The van der Waals surface area contributed by atoms with E-state index in [0.29, 0.717) is 11.1 Å². The summed E-state index contributed by atoms with van der Waals surface area (Å²) in [5.41, 5.74) is 1.35. The molecule has 0 aliphatic heterocycles. The van der Waals surface area contributed by atoms with E-state index in [9.17, 15) is 13.2 Å². The summed E-state index contributed by atoms with van der Waals surface area (Å²) in [6.45, 7) is 1.63. The molecule has 1 unspecified atom stereocenters. The van der Waals surface area contributed by atoms with Crippen molar-refractivity contribution in [3.05, 3.63) is 69.5 Å². The van der Waals surface area contributed by atoms with Crippen molar-refractivity contribution in [2.24, 2.45) is 0 Å². The zero-order valence-corrected chi connectivity index (χ0v) is 12.4. The molecule has 21 heavy (non-hydrogen) atoms. The molecule has 0 amide bonds. The summed E-state index contributed by atoms with van der Waals surface area (Å²) in [5, 5.41) is 3.26. The molecule has 2 aromatic carbocycles. The Kier molecular flexibility index (Phi) is 4.91. The smallest absolute Gasteiger partial charge is 0.162 e. The number of hydrogen-bond acceptors (Lipinski definition) is 1. The van der Waals surface area contributed by atoms with Gasteiger partial charge in [0.05, 0.1) is 0 Å². The lowest BCUT2D eigenvalue weighted by molar-refractivity contribution is 0.486. The number of rotatable bonds is 4. The molecular formula is C16H15ClF3N. The standard InChI is InChI=1S/C16H15ClF3N/c1-9-6-11(12(17)8-14(9)19)15(21-2)7-10-4-3-5-13(18)16(10)20/h3-6,8,15,21H,7H2,1-2H3. The minimum absolute atomic E-state index is 0.213. The third kappa shape index (κ3) is 3.39. The predicted molar refractivity (Wildman–Crippen MR) is 78.0 cm³/mol. The van der Waals surface area contributed by atoms with Gasteiger partial charge in [-0.05, 0) is 49.2 Å². The normalized spacial score (nSPS) is 12.5.